The first-order chi connectivity index (χ1) is 16.6. The van der Waals surface area contributed by atoms with Crippen molar-refractivity contribution in [3.8, 4) is 5.75 Å². The summed E-state index contributed by atoms with van der Waals surface area (Å²) in [6.07, 6.45) is -20.1. The smallest absolute Gasteiger partial charge is 0.404 e. The molecule has 0 aliphatic heterocycles. The number of ether oxygens (including phenoxy) is 1. The largest absolute Gasteiger partial charge is 0.573 e. The number of benzene rings is 2. The molecule has 0 aliphatic carbocycles. The quantitative estimate of drug-likeness (QED) is 0.230. The molecule has 0 saturated carbocycles. The van der Waals surface area contributed by atoms with Crippen LogP contribution in [0, 0.1) is 5.82 Å². The minimum Gasteiger partial charge on any atom is -0.404 e. The van der Waals surface area contributed by atoms with E-state index in [0.717, 1.165) is 12.1 Å². The normalized spacial score (nSPS) is 14.7. The van der Waals surface area contributed by atoms with Gasteiger partial charge in [-0.1, -0.05) is 6.07 Å². The van der Waals surface area contributed by atoms with E-state index in [-0.39, 0.29) is 0 Å². The Morgan fingerprint density at radius 3 is 1.92 bits per heavy atom. The lowest BCUT2D eigenvalue weighted by molar-refractivity contribution is -0.389. The van der Waals surface area contributed by atoms with Crippen LogP contribution >= 0.6 is 15.9 Å². The molecule has 19 heteroatoms. The highest BCUT2D eigenvalue weighted by molar-refractivity contribution is 9.10. The highest BCUT2D eigenvalue weighted by Crippen LogP contribution is 2.59. The molecule has 1 amide bonds. The number of amides is 1. The Hall–Kier alpha value is -2.96. The summed E-state index contributed by atoms with van der Waals surface area (Å²) in [6, 6.07) is 1.34. The van der Waals surface area contributed by atoms with Crippen LogP contribution in [0.2, 0.25) is 0 Å². The van der Waals surface area contributed by atoms with Gasteiger partial charge in [0.2, 0.25) is 0 Å². The van der Waals surface area contributed by atoms with E-state index in [9.17, 15) is 61.9 Å². The maximum Gasteiger partial charge on any atom is 0.573 e. The van der Waals surface area contributed by atoms with Crippen LogP contribution in [0.1, 0.15) is 15.9 Å². The second-order valence-electron chi connectivity index (χ2n) is 6.84. The molecule has 2 rings (SSSR count). The molecule has 3 N–H and O–H groups in total. The monoisotopic (exact) mass is 626 g/mol. The Bertz CT molecular complexity index is 1180. The fraction of sp³-hybridized carbons (Fsp3) is 0.278. The van der Waals surface area contributed by atoms with Crippen molar-refractivity contribution < 1.29 is 71.8 Å². The lowest BCUT2D eigenvalue weighted by Gasteiger charge is -2.36. The second kappa shape index (κ2) is 9.73. The van der Waals surface area contributed by atoms with Gasteiger partial charge in [0.25, 0.3) is 5.91 Å². The maximum absolute atomic E-state index is 14.8. The van der Waals surface area contributed by atoms with Gasteiger partial charge in [0.05, 0.1) is 16.9 Å². The minimum atomic E-state index is -7.22. The number of nitrogens with one attached hydrogen (secondary N) is 2. The average Bonchev–Trinajstić information content (AvgIpc) is 2.72. The van der Waals surface area contributed by atoms with E-state index >= 15 is 0 Å². The molecule has 37 heavy (non-hydrogen) atoms. The Morgan fingerprint density at radius 1 is 0.892 bits per heavy atom. The summed E-state index contributed by atoms with van der Waals surface area (Å²) >= 11 is 2.26. The summed E-state index contributed by atoms with van der Waals surface area (Å²) < 4.78 is 175. The van der Waals surface area contributed by atoms with Crippen LogP contribution in [0.5, 0.6) is 5.75 Å². The van der Waals surface area contributed by atoms with Gasteiger partial charge in [0.1, 0.15) is 0 Å². The molecule has 2 aromatic carbocycles. The number of carbonyl (C=O) groups excluding carboxylic acids is 1. The fourth-order valence-electron chi connectivity index (χ4n) is 2.80. The number of rotatable bonds is 6. The average molecular weight is 627 g/mol. The molecular formula is C18H8BrF13N2O3. The first-order valence-electron chi connectivity index (χ1n) is 8.88. The van der Waals surface area contributed by atoms with Crippen molar-refractivity contribution in [3.63, 3.8) is 0 Å². The van der Waals surface area contributed by atoms with Crippen LogP contribution in [0.15, 0.2) is 34.8 Å². The van der Waals surface area contributed by atoms with Crippen molar-refractivity contribution in [2.24, 2.45) is 0 Å². The minimum absolute atomic E-state index is 0.409. The summed E-state index contributed by atoms with van der Waals surface area (Å²) in [4.78, 5) is 12.4. The zero-order chi connectivity index (χ0) is 28.8. The third kappa shape index (κ3) is 5.65. The maximum atomic E-state index is 14.8. The van der Waals surface area contributed by atoms with E-state index in [0.29, 0.717) is 6.07 Å². The number of alkyl halides is 12. The molecule has 0 bridgehead atoms. The summed E-state index contributed by atoms with van der Waals surface area (Å²) in [5.41, 5.74) is -11.1. The number of hydrogen-bond acceptors (Lipinski definition) is 4. The molecule has 0 aromatic heterocycles. The van der Waals surface area contributed by atoms with E-state index < -0.39 is 86.9 Å². The second-order valence-corrected chi connectivity index (χ2v) is 7.69. The number of halogens is 14. The lowest BCUT2D eigenvalue weighted by Crippen LogP contribution is -2.59. The molecule has 0 heterocycles. The standard InChI is InChI=1S/C18H8BrF13N2O3/c19-8-4-6(14(21,16(24,25)26)15(22,23)17(27,28)29)5-10(37-18(30,31)32)12(8)33-13(35)7-2-1-3-9(34-36)11(7)20/h1-5,34,36H,(H,33,35). The summed E-state index contributed by atoms with van der Waals surface area (Å²) in [5, 5.41) is 10.3. The first kappa shape index (κ1) is 30.3. The molecule has 206 valence electrons. The summed E-state index contributed by atoms with van der Waals surface area (Å²) in [7, 11) is 0. The SMILES string of the molecule is O=C(Nc1c(Br)cc(C(F)(C(F)(F)F)C(F)(F)C(F)(F)F)cc1OC(F)(F)F)c1cccc(NO)c1F. The molecule has 2 aromatic rings. The van der Waals surface area contributed by atoms with Crippen LogP contribution in [0.4, 0.5) is 68.5 Å². The molecule has 1 atom stereocenters. The fourth-order valence-corrected chi connectivity index (χ4v) is 3.34. The molecular weight excluding hydrogens is 619 g/mol. The van der Waals surface area contributed by atoms with Crippen LogP contribution in [0.25, 0.3) is 0 Å². The number of anilines is 2. The Labute approximate surface area is 204 Å². The lowest BCUT2D eigenvalue weighted by atomic mass is 9.87. The van der Waals surface area contributed by atoms with Crippen molar-refractivity contribution in [2.45, 2.75) is 30.3 Å². The van der Waals surface area contributed by atoms with Crippen LogP contribution in [-0.4, -0.2) is 35.8 Å². The zero-order valence-corrected chi connectivity index (χ0v) is 18.5. The van der Waals surface area contributed by atoms with E-state index in [1.807, 2.05) is 0 Å². The molecule has 0 fully saturated rings. The third-order valence-corrected chi connectivity index (χ3v) is 5.08. The van der Waals surface area contributed by atoms with E-state index in [1.165, 1.54) is 10.8 Å². The Balaban J connectivity index is 2.78. The Morgan fingerprint density at radius 2 is 1.46 bits per heavy atom. The van der Waals surface area contributed by atoms with Crippen LogP contribution in [0.3, 0.4) is 0 Å². The van der Waals surface area contributed by atoms with Crippen molar-refractivity contribution >= 4 is 33.2 Å². The molecule has 0 spiro atoms. The van der Waals surface area contributed by atoms with Crippen LogP contribution < -0.4 is 15.5 Å². The van der Waals surface area contributed by atoms with E-state index in [4.69, 9.17) is 5.21 Å². The van der Waals surface area contributed by atoms with Crippen molar-refractivity contribution in [1.29, 1.82) is 0 Å². The topological polar surface area (TPSA) is 70.6 Å². The predicted octanol–water partition coefficient (Wildman–Crippen LogP) is 7.46. The van der Waals surface area contributed by atoms with Gasteiger partial charge in [0.15, 0.2) is 11.6 Å². The van der Waals surface area contributed by atoms with Crippen molar-refractivity contribution in [3.05, 3.63) is 51.7 Å². The van der Waals surface area contributed by atoms with Gasteiger partial charge >= 0.3 is 30.3 Å². The summed E-state index contributed by atoms with van der Waals surface area (Å²) in [5.74, 6) is -12.5. The number of hydrogen-bond donors (Lipinski definition) is 3. The van der Waals surface area contributed by atoms with Gasteiger partial charge in [-0.15, -0.1) is 13.2 Å². The van der Waals surface area contributed by atoms with Gasteiger partial charge in [0, 0.05) is 10.0 Å². The Kier molecular flexibility index (Phi) is 7.96. The molecule has 0 aliphatic rings. The van der Waals surface area contributed by atoms with Gasteiger partial charge in [-0.2, -0.15) is 35.1 Å². The van der Waals surface area contributed by atoms with E-state index in [2.05, 4.69) is 20.7 Å². The van der Waals surface area contributed by atoms with Crippen molar-refractivity contribution in [2.75, 3.05) is 10.8 Å². The molecule has 1 unspecified atom stereocenters. The van der Waals surface area contributed by atoms with Gasteiger partial charge < -0.3 is 10.1 Å². The molecule has 5 nitrogen and oxygen atoms in total. The zero-order valence-electron chi connectivity index (χ0n) is 16.9. The van der Waals surface area contributed by atoms with Gasteiger partial charge in [-0.3, -0.25) is 15.5 Å². The highest BCUT2D eigenvalue weighted by Gasteiger charge is 2.81. The predicted molar refractivity (Wildman–Crippen MR) is 100 cm³/mol. The van der Waals surface area contributed by atoms with Crippen LogP contribution in [-0.2, 0) is 5.67 Å². The first-order valence-corrected chi connectivity index (χ1v) is 9.67. The molecule has 0 radical (unpaired) electrons. The van der Waals surface area contributed by atoms with E-state index in [1.54, 1.807) is 0 Å². The van der Waals surface area contributed by atoms with Gasteiger partial charge in [-0.05, 0) is 40.2 Å². The summed E-state index contributed by atoms with van der Waals surface area (Å²) in [6.45, 7) is 0. The highest BCUT2D eigenvalue weighted by atomic mass is 79.9. The third-order valence-electron chi connectivity index (χ3n) is 4.46. The number of carbonyl (C=O) groups is 1. The van der Waals surface area contributed by atoms with Gasteiger partial charge in [-0.25, -0.2) is 8.78 Å². The molecule has 0 saturated heterocycles. The van der Waals surface area contributed by atoms with Crippen molar-refractivity contribution in [1.82, 2.24) is 0 Å².